The average Bonchev–Trinajstić information content (AvgIpc) is 2.64. The van der Waals surface area contributed by atoms with Crippen molar-refractivity contribution in [2.45, 2.75) is 19.9 Å². The zero-order chi connectivity index (χ0) is 10.8. The first-order valence-corrected chi connectivity index (χ1v) is 6.07. The molecule has 1 fully saturated rings. The van der Waals surface area contributed by atoms with Crippen molar-refractivity contribution in [3.63, 3.8) is 0 Å². The summed E-state index contributed by atoms with van der Waals surface area (Å²) in [6.07, 6.45) is 0. The minimum absolute atomic E-state index is 0. The van der Waals surface area contributed by atoms with Crippen molar-refractivity contribution in [2.75, 3.05) is 19.6 Å². The molecule has 1 amide bonds. The second-order valence-electron chi connectivity index (χ2n) is 4.02. The van der Waals surface area contributed by atoms with E-state index in [9.17, 15) is 4.79 Å². The van der Waals surface area contributed by atoms with Crippen LogP contribution in [0.2, 0.25) is 0 Å². The maximum atomic E-state index is 12.1. The van der Waals surface area contributed by atoms with Gasteiger partial charge in [-0.2, -0.15) is 0 Å². The van der Waals surface area contributed by atoms with E-state index in [0.717, 1.165) is 24.5 Å². The van der Waals surface area contributed by atoms with Crippen LogP contribution in [-0.2, 0) is 0 Å². The third-order valence-corrected chi connectivity index (χ3v) is 3.60. The molecule has 0 aliphatic carbocycles. The summed E-state index contributed by atoms with van der Waals surface area (Å²) in [6, 6.07) is 4.34. The van der Waals surface area contributed by atoms with Crippen LogP contribution in [-0.4, -0.2) is 36.5 Å². The maximum absolute atomic E-state index is 12.1. The quantitative estimate of drug-likeness (QED) is 0.837. The van der Waals surface area contributed by atoms with Gasteiger partial charge in [0.25, 0.3) is 5.91 Å². The Labute approximate surface area is 106 Å². The Balaban J connectivity index is 0.00000128. The summed E-state index contributed by atoms with van der Waals surface area (Å²) in [6.45, 7) is 6.67. The number of carbonyl (C=O) groups is 1. The number of hydrogen-bond donors (Lipinski definition) is 1. The van der Waals surface area contributed by atoms with E-state index in [2.05, 4.69) is 12.2 Å². The Bertz CT molecular complexity index is 367. The highest BCUT2D eigenvalue weighted by Crippen LogP contribution is 2.17. The topological polar surface area (TPSA) is 32.3 Å². The average molecular weight is 261 g/mol. The van der Waals surface area contributed by atoms with Crippen molar-refractivity contribution in [3.05, 3.63) is 21.9 Å². The molecule has 0 saturated carbocycles. The standard InChI is InChI=1S/C11H16N2OS.ClH/c1-8-7-13(6-5-12-8)11(14)10-4-3-9(2)15-10;/h3-4,8,12H,5-7H2,1-2H3;1H/t8-;/m0./s1. The largest absolute Gasteiger partial charge is 0.335 e. The highest BCUT2D eigenvalue weighted by molar-refractivity contribution is 7.13. The lowest BCUT2D eigenvalue weighted by Crippen LogP contribution is -2.51. The van der Waals surface area contributed by atoms with E-state index < -0.39 is 0 Å². The molecular formula is C11H17ClN2OS. The fourth-order valence-electron chi connectivity index (χ4n) is 1.82. The van der Waals surface area contributed by atoms with E-state index in [-0.39, 0.29) is 18.3 Å². The fraction of sp³-hybridized carbons (Fsp3) is 0.545. The normalized spacial score (nSPS) is 20.4. The van der Waals surface area contributed by atoms with Crippen LogP contribution < -0.4 is 5.32 Å². The summed E-state index contributed by atoms with van der Waals surface area (Å²) < 4.78 is 0. The highest BCUT2D eigenvalue weighted by atomic mass is 35.5. The van der Waals surface area contributed by atoms with Crippen LogP contribution >= 0.6 is 23.7 Å². The minimum atomic E-state index is 0. The Kier molecular flexibility index (Phi) is 4.77. The van der Waals surface area contributed by atoms with Crippen LogP contribution in [0.4, 0.5) is 0 Å². The van der Waals surface area contributed by atoms with Crippen LogP contribution in [0.1, 0.15) is 21.5 Å². The summed E-state index contributed by atoms with van der Waals surface area (Å²) in [5, 5.41) is 3.33. The van der Waals surface area contributed by atoms with Gasteiger partial charge in [-0.15, -0.1) is 23.7 Å². The van der Waals surface area contributed by atoms with Crippen LogP contribution in [0.15, 0.2) is 12.1 Å². The summed E-state index contributed by atoms with van der Waals surface area (Å²) in [7, 11) is 0. The minimum Gasteiger partial charge on any atom is -0.335 e. The molecule has 0 bridgehead atoms. The molecule has 16 heavy (non-hydrogen) atoms. The van der Waals surface area contributed by atoms with E-state index in [1.807, 2.05) is 24.0 Å². The smallest absolute Gasteiger partial charge is 0.264 e. The van der Waals surface area contributed by atoms with Gasteiger partial charge in [-0.1, -0.05) is 0 Å². The molecule has 2 rings (SSSR count). The molecule has 5 heteroatoms. The van der Waals surface area contributed by atoms with E-state index in [1.54, 1.807) is 11.3 Å². The first-order chi connectivity index (χ1) is 7.16. The summed E-state index contributed by atoms with van der Waals surface area (Å²) in [5.74, 6) is 0.182. The van der Waals surface area contributed by atoms with Crippen molar-refractivity contribution in [1.82, 2.24) is 10.2 Å². The van der Waals surface area contributed by atoms with Gasteiger partial charge in [0.05, 0.1) is 4.88 Å². The van der Waals surface area contributed by atoms with E-state index in [4.69, 9.17) is 0 Å². The molecule has 0 radical (unpaired) electrons. The van der Waals surface area contributed by atoms with Gasteiger partial charge in [0, 0.05) is 30.6 Å². The molecular weight excluding hydrogens is 244 g/mol. The predicted octanol–water partition coefficient (Wildman–Crippen LogP) is 1.91. The van der Waals surface area contributed by atoms with Crippen molar-refractivity contribution in [3.8, 4) is 0 Å². The summed E-state index contributed by atoms with van der Waals surface area (Å²) in [4.78, 5) is 16.1. The van der Waals surface area contributed by atoms with Crippen LogP contribution in [0.3, 0.4) is 0 Å². The molecule has 1 aliphatic heterocycles. The van der Waals surface area contributed by atoms with E-state index in [0.29, 0.717) is 6.04 Å². The third kappa shape index (κ3) is 2.97. The van der Waals surface area contributed by atoms with Gasteiger partial charge < -0.3 is 10.2 Å². The molecule has 1 aromatic rings. The molecule has 1 saturated heterocycles. The zero-order valence-electron chi connectivity index (χ0n) is 9.53. The SMILES string of the molecule is Cc1ccc(C(=O)N2CCN[C@@H](C)C2)s1.Cl. The maximum Gasteiger partial charge on any atom is 0.264 e. The van der Waals surface area contributed by atoms with Crippen LogP contribution in [0.5, 0.6) is 0 Å². The Hall–Kier alpha value is -0.580. The number of hydrogen-bond acceptors (Lipinski definition) is 3. The first-order valence-electron chi connectivity index (χ1n) is 5.26. The molecule has 1 atom stereocenters. The van der Waals surface area contributed by atoms with E-state index >= 15 is 0 Å². The number of rotatable bonds is 1. The Morgan fingerprint density at radius 3 is 2.88 bits per heavy atom. The number of halogens is 1. The monoisotopic (exact) mass is 260 g/mol. The van der Waals surface area contributed by atoms with Gasteiger partial charge in [-0.3, -0.25) is 4.79 Å². The molecule has 90 valence electrons. The molecule has 0 unspecified atom stereocenters. The molecule has 0 aromatic carbocycles. The van der Waals surface area contributed by atoms with Crippen molar-refractivity contribution in [1.29, 1.82) is 0 Å². The van der Waals surface area contributed by atoms with Crippen LogP contribution in [0.25, 0.3) is 0 Å². The van der Waals surface area contributed by atoms with Crippen LogP contribution in [0, 0.1) is 6.92 Å². The third-order valence-electron chi connectivity index (χ3n) is 2.61. The zero-order valence-corrected chi connectivity index (χ0v) is 11.2. The molecule has 3 nitrogen and oxygen atoms in total. The number of carbonyl (C=O) groups excluding carboxylic acids is 1. The number of nitrogens with zero attached hydrogens (tertiary/aromatic N) is 1. The Morgan fingerprint density at radius 2 is 2.31 bits per heavy atom. The van der Waals surface area contributed by atoms with Gasteiger partial charge in [-0.25, -0.2) is 0 Å². The number of thiophene rings is 1. The molecule has 1 aromatic heterocycles. The molecule has 1 aliphatic rings. The summed E-state index contributed by atoms with van der Waals surface area (Å²) >= 11 is 1.58. The number of aryl methyl sites for hydroxylation is 1. The van der Waals surface area contributed by atoms with Crippen molar-refractivity contribution in [2.24, 2.45) is 0 Å². The lowest BCUT2D eigenvalue weighted by Gasteiger charge is -2.31. The predicted molar refractivity (Wildman–Crippen MR) is 69.7 cm³/mol. The van der Waals surface area contributed by atoms with E-state index in [1.165, 1.54) is 4.88 Å². The van der Waals surface area contributed by atoms with Crippen molar-refractivity contribution >= 4 is 29.7 Å². The second-order valence-corrected chi connectivity index (χ2v) is 5.30. The second kappa shape index (κ2) is 5.66. The first kappa shape index (κ1) is 13.5. The Morgan fingerprint density at radius 1 is 1.56 bits per heavy atom. The lowest BCUT2D eigenvalue weighted by molar-refractivity contribution is 0.0714. The van der Waals surface area contributed by atoms with Gasteiger partial charge in [-0.05, 0) is 26.0 Å². The summed E-state index contributed by atoms with van der Waals surface area (Å²) in [5.41, 5.74) is 0. The number of nitrogens with one attached hydrogen (secondary N) is 1. The molecule has 0 spiro atoms. The number of amides is 1. The lowest BCUT2D eigenvalue weighted by atomic mass is 10.2. The number of piperazine rings is 1. The van der Waals surface area contributed by atoms with Gasteiger partial charge in [0.2, 0.25) is 0 Å². The van der Waals surface area contributed by atoms with Gasteiger partial charge in [0.15, 0.2) is 0 Å². The highest BCUT2D eigenvalue weighted by Gasteiger charge is 2.22. The fourth-order valence-corrected chi connectivity index (χ4v) is 2.66. The molecule has 2 heterocycles. The van der Waals surface area contributed by atoms with Crippen molar-refractivity contribution < 1.29 is 4.79 Å². The van der Waals surface area contributed by atoms with Gasteiger partial charge >= 0.3 is 0 Å². The van der Waals surface area contributed by atoms with Gasteiger partial charge in [0.1, 0.15) is 0 Å². The molecule has 1 N–H and O–H groups in total.